The van der Waals surface area contributed by atoms with Crippen molar-refractivity contribution in [2.75, 3.05) is 5.32 Å². The summed E-state index contributed by atoms with van der Waals surface area (Å²) >= 11 is 0. The van der Waals surface area contributed by atoms with Gasteiger partial charge in [-0.05, 0) is 42.5 Å². The van der Waals surface area contributed by atoms with E-state index in [-0.39, 0.29) is 24.5 Å². The van der Waals surface area contributed by atoms with Crippen molar-refractivity contribution in [2.45, 2.75) is 12.8 Å². The van der Waals surface area contributed by atoms with E-state index in [2.05, 4.69) is 10.3 Å². The third-order valence-corrected chi connectivity index (χ3v) is 3.45. The summed E-state index contributed by atoms with van der Waals surface area (Å²) in [5.41, 5.74) is 1.71. The predicted octanol–water partition coefficient (Wildman–Crippen LogP) is 2.86. The van der Waals surface area contributed by atoms with Gasteiger partial charge in [0, 0.05) is 24.1 Å². The third kappa shape index (κ3) is 3.57. The molecule has 24 heavy (non-hydrogen) atoms. The topological polar surface area (TPSA) is 92.2 Å². The summed E-state index contributed by atoms with van der Waals surface area (Å²) in [5.74, 6) is -1.56. The van der Waals surface area contributed by atoms with Gasteiger partial charge in [-0.1, -0.05) is 0 Å². The van der Waals surface area contributed by atoms with Crippen molar-refractivity contribution >= 4 is 28.5 Å². The summed E-state index contributed by atoms with van der Waals surface area (Å²) in [6.07, 6.45) is 0.0123. The molecule has 1 heterocycles. The molecule has 0 saturated carbocycles. The summed E-state index contributed by atoms with van der Waals surface area (Å²) in [5, 5.41) is 2.64. The van der Waals surface area contributed by atoms with Crippen molar-refractivity contribution in [1.29, 1.82) is 0 Å². The standard InChI is InChI=1S/C17H13FN2O4/c18-11-3-1-10(2-4-11)14(21)6-8-16(22)19-12-5-7-15-13(9-12)20-17(23)24-15/h1-5,7,9H,6,8H2,(H,19,22)(H,20,23). The molecule has 0 bridgehead atoms. The van der Waals surface area contributed by atoms with Gasteiger partial charge in [0.1, 0.15) is 5.82 Å². The SMILES string of the molecule is O=C(CCC(=O)c1ccc(F)cc1)Nc1ccc2oc(=O)[nH]c2c1. The van der Waals surface area contributed by atoms with Crippen molar-refractivity contribution in [2.24, 2.45) is 0 Å². The molecule has 3 aromatic rings. The Balaban J connectivity index is 1.59. The number of ketones is 1. The minimum Gasteiger partial charge on any atom is -0.408 e. The van der Waals surface area contributed by atoms with E-state index in [9.17, 15) is 18.8 Å². The maximum Gasteiger partial charge on any atom is 0.417 e. The minimum absolute atomic E-state index is 0.00382. The second-order valence-electron chi connectivity index (χ2n) is 5.20. The molecule has 0 aliphatic carbocycles. The first-order valence-corrected chi connectivity index (χ1v) is 7.23. The zero-order chi connectivity index (χ0) is 17.1. The summed E-state index contributed by atoms with van der Waals surface area (Å²) in [6.45, 7) is 0. The van der Waals surface area contributed by atoms with Crippen LogP contribution in [0.4, 0.5) is 10.1 Å². The molecule has 0 saturated heterocycles. The highest BCUT2D eigenvalue weighted by atomic mass is 19.1. The number of benzene rings is 2. The fourth-order valence-electron chi connectivity index (χ4n) is 2.26. The number of carbonyl (C=O) groups is 2. The van der Waals surface area contributed by atoms with Crippen LogP contribution in [-0.2, 0) is 4.79 Å². The molecule has 0 spiro atoms. The van der Waals surface area contributed by atoms with E-state index in [1.807, 2.05) is 0 Å². The Morgan fingerprint density at radius 2 is 1.83 bits per heavy atom. The number of amides is 1. The largest absolute Gasteiger partial charge is 0.417 e. The van der Waals surface area contributed by atoms with Crippen LogP contribution in [0.25, 0.3) is 11.1 Å². The number of oxazole rings is 1. The molecule has 2 N–H and O–H groups in total. The van der Waals surface area contributed by atoms with Crippen LogP contribution in [0, 0.1) is 5.82 Å². The lowest BCUT2D eigenvalue weighted by Crippen LogP contribution is -2.13. The molecule has 0 aliphatic heterocycles. The smallest absolute Gasteiger partial charge is 0.408 e. The normalized spacial score (nSPS) is 10.7. The van der Waals surface area contributed by atoms with Crippen LogP contribution in [0.1, 0.15) is 23.2 Å². The number of H-pyrrole nitrogens is 1. The zero-order valence-electron chi connectivity index (χ0n) is 12.5. The lowest BCUT2D eigenvalue weighted by molar-refractivity contribution is -0.116. The van der Waals surface area contributed by atoms with Gasteiger partial charge in [0.05, 0.1) is 5.52 Å². The zero-order valence-corrected chi connectivity index (χ0v) is 12.5. The highest BCUT2D eigenvalue weighted by Crippen LogP contribution is 2.16. The second-order valence-corrected chi connectivity index (χ2v) is 5.20. The molecule has 122 valence electrons. The van der Waals surface area contributed by atoms with Crippen LogP contribution in [0.3, 0.4) is 0 Å². The number of carbonyl (C=O) groups excluding carboxylic acids is 2. The van der Waals surface area contributed by atoms with Crippen LogP contribution in [-0.4, -0.2) is 16.7 Å². The third-order valence-electron chi connectivity index (χ3n) is 3.45. The van der Waals surface area contributed by atoms with Gasteiger partial charge in [-0.2, -0.15) is 0 Å². The molecule has 3 rings (SSSR count). The quantitative estimate of drug-likeness (QED) is 0.704. The number of aromatic nitrogens is 1. The van der Waals surface area contributed by atoms with E-state index in [4.69, 9.17) is 4.42 Å². The summed E-state index contributed by atoms with van der Waals surface area (Å²) in [6, 6.07) is 9.91. The van der Waals surface area contributed by atoms with Crippen molar-refractivity contribution in [1.82, 2.24) is 4.98 Å². The van der Waals surface area contributed by atoms with Crippen LogP contribution in [0.5, 0.6) is 0 Å². The first-order chi connectivity index (χ1) is 11.5. The number of nitrogens with one attached hydrogen (secondary N) is 2. The van der Waals surface area contributed by atoms with Crippen molar-refractivity contribution in [3.8, 4) is 0 Å². The van der Waals surface area contributed by atoms with E-state index >= 15 is 0 Å². The van der Waals surface area contributed by atoms with E-state index in [0.29, 0.717) is 22.4 Å². The molecule has 6 nitrogen and oxygen atoms in total. The Hall–Kier alpha value is -3.22. The summed E-state index contributed by atoms with van der Waals surface area (Å²) in [4.78, 5) is 37.4. The molecule has 0 fully saturated rings. The first-order valence-electron chi connectivity index (χ1n) is 7.23. The summed E-state index contributed by atoms with van der Waals surface area (Å²) in [7, 11) is 0. The molecule has 0 radical (unpaired) electrons. The number of halogens is 1. The molecular weight excluding hydrogens is 315 g/mol. The molecular formula is C17H13FN2O4. The lowest BCUT2D eigenvalue weighted by Gasteiger charge is -2.05. The number of Topliss-reactive ketones (excluding diaryl/α,β-unsaturated/α-hetero) is 1. The fraction of sp³-hybridized carbons (Fsp3) is 0.118. The number of rotatable bonds is 5. The van der Waals surface area contributed by atoms with E-state index in [1.165, 1.54) is 24.3 Å². The molecule has 7 heteroatoms. The highest BCUT2D eigenvalue weighted by molar-refractivity contribution is 6.00. The lowest BCUT2D eigenvalue weighted by atomic mass is 10.1. The van der Waals surface area contributed by atoms with Crippen LogP contribution in [0.2, 0.25) is 0 Å². The highest BCUT2D eigenvalue weighted by Gasteiger charge is 2.10. The Bertz CT molecular complexity index is 957. The van der Waals surface area contributed by atoms with Gasteiger partial charge >= 0.3 is 5.76 Å². The number of aromatic amines is 1. The van der Waals surface area contributed by atoms with E-state index in [0.717, 1.165) is 0 Å². The van der Waals surface area contributed by atoms with Crippen LogP contribution >= 0.6 is 0 Å². The Kier molecular flexibility index (Phi) is 4.24. The Morgan fingerprint density at radius 1 is 1.08 bits per heavy atom. The average Bonchev–Trinajstić information content (AvgIpc) is 2.92. The second kappa shape index (κ2) is 6.49. The molecule has 1 aromatic heterocycles. The number of anilines is 1. The summed E-state index contributed by atoms with van der Waals surface area (Å²) < 4.78 is 17.7. The van der Waals surface area contributed by atoms with Gasteiger partial charge in [-0.3, -0.25) is 14.6 Å². The maximum absolute atomic E-state index is 12.8. The van der Waals surface area contributed by atoms with Crippen LogP contribution in [0.15, 0.2) is 51.7 Å². The van der Waals surface area contributed by atoms with E-state index < -0.39 is 11.6 Å². The van der Waals surface area contributed by atoms with Crippen LogP contribution < -0.4 is 11.1 Å². The molecule has 2 aromatic carbocycles. The molecule has 0 unspecified atom stereocenters. The van der Waals surface area contributed by atoms with Gasteiger partial charge in [0.15, 0.2) is 11.4 Å². The van der Waals surface area contributed by atoms with Gasteiger partial charge in [0.2, 0.25) is 5.91 Å². The van der Waals surface area contributed by atoms with E-state index in [1.54, 1.807) is 18.2 Å². The van der Waals surface area contributed by atoms with Gasteiger partial charge in [-0.15, -0.1) is 0 Å². The molecule has 1 amide bonds. The fourth-order valence-corrected chi connectivity index (χ4v) is 2.26. The number of hydrogen-bond acceptors (Lipinski definition) is 4. The first kappa shape index (κ1) is 15.7. The van der Waals surface area contributed by atoms with Gasteiger partial charge in [0.25, 0.3) is 0 Å². The Morgan fingerprint density at radius 3 is 2.58 bits per heavy atom. The molecule has 0 aliphatic rings. The van der Waals surface area contributed by atoms with Crippen molar-refractivity contribution in [3.05, 3.63) is 64.4 Å². The van der Waals surface area contributed by atoms with Gasteiger partial charge < -0.3 is 9.73 Å². The predicted molar refractivity (Wildman–Crippen MR) is 85.4 cm³/mol. The van der Waals surface area contributed by atoms with Gasteiger partial charge in [-0.25, -0.2) is 9.18 Å². The minimum atomic E-state index is -0.571. The number of hydrogen-bond donors (Lipinski definition) is 2. The Labute approximate surface area is 135 Å². The van der Waals surface area contributed by atoms with Crippen molar-refractivity contribution in [3.63, 3.8) is 0 Å². The molecule has 0 atom stereocenters. The monoisotopic (exact) mass is 328 g/mol. The van der Waals surface area contributed by atoms with Crippen molar-refractivity contribution < 1.29 is 18.4 Å². The number of fused-ring (bicyclic) bond motifs is 1. The maximum atomic E-state index is 12.8. The average molecular weight is 328 g/mol.